The second kappa shape index (κ2) is 7.85. The van der Waals surface area contributed by atoms with Gasteiger partial charge in [-0.1, -0.05) is 6.92 Å². The van der Waals surface area contributed by atoms with Crippen molar-refractivity contribution in [3.05, 3.63) is 0 Å². The molecule has 0 fully saturated rings. The van der Waals surface area contributed by atoms with Crippen molar-refractivity contribution in [3.63, 3.8) is 0 Å². The molecule has 0 aromatic carbocycles. The van der Waals surface area contributed by atoms with Crippen LogP contribution in [0.1, 0.15) is 26.2 Å². The van der Waals surface area contributed by atoms with Crippen LogP contribution in [0.2, 0.25) is 0 Å². The number of carboxylic acid groups (broad SMARTS) is 1. The van der Waals surface area contributed by atoms with Crippen molar-refractivity contribution in [2.45, 2.75) is 32.4 Å². The second-order valence-electron chi connectivity index (χ2n) is 4.40. The smallest absolute Gasteiger partial charge is 0.390 e. The summed E-state index contributed by atoms with van der Waals surface area (Å²) >= 11 is 0. The van der Waals surface area contributed by atoms with Gasteiger partial charge in [-0.2, -0.15) is 13.2 Å². The van der Waals surface area contributed by atoms with Gasteiger partial charge >= 0.3 is 18.2 Å². The summed E-state index contributed by atoms with van der Waals surface area (Å²) in [6.07, 6.45) is -4.47. The molecule has 112 valence electrons. The van der Waals surface area contributed by atoms with Crippen molar-refractivity contribution < 1.29 is 27.9 Å². The maximum atomic E-state index is 11.9. The van der Waals surface area contributed by atoms with Crippen LogP contribution in [0.4, 0.5) is 18.0 Å². The van der Waals surface area contributed by atoms with E-state index in [1.54, 1.807) is 6.92 Å². The van der Waals surface area contributed by atoms with E-state index in [1.807, 2.05) is 0 Å². The van der Waals surface area contributed by atoms with Crippen molar-refractivity contribution in [3.8, 4) is 0 Å². The normalized spacial score (nSPS) is 12.9. The molecule has 0 spiro atoms. The molecule has 0 heterocycles. The summed E-state index contributed by atoms with van der Waals surface area (Å²) in [7, 11) is 1.28. The molecule has 0 bridgehead atoms. The van der Waals surface area contributed by atoms with Crippen LogP contribution in [0.25, 0.3) is 0 Å². The Morgan fingerprint density at radius 2 is 1.95 bits per heavy atom. The lowest BCUT2D eigenvalue weighted by molar-refractivity contribution is -0.141. The van der Waals surface area contributed by atoms with Gasteiger partial charge in [0.25, 0.3) is 0 Å². The Labute approximate surface area is 109 Å². The third-order valence-corrected chi connectivity index (χ3v) is 2.59. The van der Waals surface area contributed by atoms with Crippen LogP contribution in [0, 0.1) is 5.92 Å². The van der Waals surface area contributed by atoms with Gasteiger partial charge in [0, 0.05) is 20.1 Å². The highest BCUT2D eigenvalue weighted by molar-refractivity contribution is 5.73. The van der Waals surface area contributed by atoms with E-state index < -0.39 is 37.1 Å². The fraction of sp³-hybridized carbons (Fsp3) is 0.818. The summed E-state index contributed by atoms with van der Waals surface area (Å²) in [6.45, 7) is 1.40. The van der Waals surface area contributed by atoms with Gasteiger partial charge in [-0.05, 0) is 12.8 Å². The van der Waals surface area contributed by atoms with Gasteiger partial charge in [0.2, 0.25) is 0 Å². The van der Waals surface area contributed by atoms with E-state index in [-0.39, 0.29) is 6.54 Å². The number of hydrogen-bond acceptors (Lipinski definition) is 2. The fourth-order valence-corrected chi connectivity index (χ4v) is 1.26. The standard InChI is InChI=1S/C11H19F3N2O3/c1-8(9(17)18)4-3-6-15-10(19)16(2)7-5-11(12,13)14/h8H,3-7H2,1-2H3,(H,15,19)(H,17,18). The number of urea groups is 1. The molecule has 0 aromatic rings. The molecular weight excluding hydrogens is 265 g/mol. The van der Waals surface area contributed by atoms with Crippen molar-refractivity contribution in [2.75, 3.05) is 20.1 Å². The quantitative estimate of drug-likeness (QED) is 0.703. The third-order valence-electron chi connectivity index (χ3n) is 2.59. The van der Waals surface area contributed by atoms with E-state index in [0.717, 1.165) is 4.90 Å². The van der Waals surface area contributed by atoms with Gasteiger partial charge in [-0.3, -0.25) is 4.79 Å². The summed E-state index contributed by atoms with van der Waals surface area (Å²) < 4.78 is 35.8. The molecule has 19 heavy (non-hydrogen) atoms. The molecule has 0 radical (unpaired) electrons. The number of carbonyl (C=O) groups is 2. The van der Waals surface area contributed by atoms with Crippen molar-refractivity contribution >= 4 is 12.0 Å². The van der Waals surface area contributed by atoms with Crippen molar-refractivity contribution in [1.82, 2.24) is 10.2 Å². The van der Waals surface area contributed by atoms with Crippen LogP contribution in [-0.2, 0) is 4.79 Å². The molecule has 8 heteroatoms. The van der Waals surface area contributed by atoms with E-state index in [2.05, 4.69) is 5.32 Å². The Kier molecular flexibility index (Phi) is 7.25. The number of amides is 2. The van der Waals surface area contributed by atoms with Gasteiger partial charge in [0.1, 0.15) is 0 Å². The topological polar surface area (TPSA) is 69.6 Å². The average molecular weight is 284 g/mol. The molecule has 2 N–H and O–H groups in total. The fourth-order valence-electron chi connectivity index (χ4n) is 1.26. The van der Waals surface area contributed by atoms with E-state index >= 15 is 0 Å². The van der Waals surface area contributed by atoms with E-state index in [0.29, 0.717) is 12.8 Å². The van der Waals surface area contributed by atoms with E-state index in [1.165, 1.54) is 7.05 Å². The number of nitrogens with one attached hydrogen (secondary N) is 1. The van der Waals surface area contributed by atoms with Crippen LogP contribution in [0.5, 0.6) is 0 Å². The lowest BCUT2D eigenvalue weighted by atomic mass is 10.1. The zero-order chi connectivity index (χ0) is 15.1. The summed E-state index contributed by atoms with van der Waals surface area (Å²) in [5, 5.41) is 11.1. The van der Waals surface area contributed by atoms with Gasteiger partial charge in [0.05, 0.1) is 12.3 Å². The number of aliphatic carboxylic acids is 1. The summed E-state index contributed by atoms with van der Waals surface area (Å²) in [4.78, 5) is 22.8. The molecular formula is C11H19F3N2O3. The minimum atomic E-state index is -4.29. The number of rotatable bonds is 7. The van der Waals surface area contributed by atoms with Gasteiger partial charge in [-0.15, -0.1) is 0 Å². The van der Waals surface area contributed by atoms with Crippen LogP contribution in [0.15, 0.2) is 0 Å². The van der Waals surface area contributed by atoms with Crippen LogP contribution < -0.4 is 5.32 Å². The first-order valence-corrected chi connectivity index (χ1v) is 5.92. The molecule has 0 rings (SSSR count). The average Bonchev–Trinajstić information content (AvgIpc) is 2.29. The Hall–Kier alpha value is -1.47. The first-order valence-electron chi connectivity index (χ1n) is 5.92. The maximum Gasteiger partial charge on any atom is 0.390 e. The first-order chi connectivity index (χ1) is 8.63. The lowest BCUT2D eigenvalue weighted by Crippen LogP contribution is -2.39. The third kappa shape index (κ3) is 9.15. The Morgan fingerprint density at radius 3 is 2.42 bits per heavy atom. The van der Waals surface area contributed by atoms with Gasteiger partial charge in [0.15, 0.2) is 0 Å². The second-order valence-corrected chi connectivity index (χ2v) is 4.40. The SMILES string of the molecule is CC(CCCNC(=O)N(C)CCC(F)(F)F)C(=O)O. The zero-order valence-corrected chi connectivity index (χ0v) is 11.0. The van der Waals surface area contributed by atoms with E-state index in [4.69, 9.17) is 5.11 Å². The maximum absolute atomic E-state index is 11.9. The van der Waals surface area contributed by atoms with Crippen molar-refractivity contribution in [1.29, 1.82) is 0 Å². The number of nitrogens with zero attached hydrogens (tertiary/aromatic N) is 1. The monoisotopic (exact) mass is 284 g/mol. The Balaban J connectivity index is 3.77. The largest absolute Gasteiger partial charge is 0.481 e. The molecule has 0 aromatic heterocycles. The molecule has 0 aliphatic rings. The number of hydrogen-bond donors (Lipinski definition) is 2. The molecule has 0 aliphatic carbocycles. The van der Waals surface area contributed by atoms with Crippen LogP contribution in [0.3, 0.4) is 0 Å². The summed E-state index contributed by atoms with van der Waals surface area (Å²) in [5.74, 6) is -1.41. The molecule has 0 saturated carbocycles. The highest BCUT2D eigenvalue weighted by Crippen LogP contribution is 2.19. The number of halogens is 3. The lowest BCUT2D eigenvalue weighted by Gasteiger charge is -2.18. The highest BCUT2D eigenvalue weighted by atomic mass is 19.4. The first kappa shape index (κ1) is 17.5. The predicted octanol–water partition coefficient (Wildman–Crippen LogP) is 2.08. The molecule has 0 aliphatic heterocycles. The van der Waals surface area contributed by atoms with Gasteiger partial charge in [-0.25, -0.2) is 4.79 Å². The van der Waals surface area contributed by atoms with Crippen LogP contribution in [-0.4, -0.2) is 48.3 Å². The Morgan fingerprint density at radius 1 is 1.37 bits per heavy atom. The molecule has 1 unspecified atom stereocenters. The minimum absolute atomic E-state index is 0.243. The van der Waals surface area contributed by atoms with Crippen molar-refractivity contribution in [2.24, 2.45) is 5.92 Å². The molecule has 0 saturated heterocycles. The molecule has 2 amide bonds. The molecule has 5 nitrogen and oxygen atoms in total. The molecule has 1 atom stereocenters. The number of carbonyl (C=O) groups excluding carboxylic acids is 1. The number of carboxylic acids is 1. The predicted molar refractivity (Wildman–Crippen MR) is 62.7 cm³/mol. The van der Waals surface area contributed by atoms with Gasteiger partial charge < -0.3 is 15.3 Å². The Bertz CT molecular complexity index is 308. The highest BCUT2D eigenvalue weighted by Gasteiger charge is 2.27. The number of alkyl halides is 3. The van der Waals surface area contributed by atoms with Crippen LogP contribution >= 0.6 is 0 Å². The summed E-state index contributed by atoms with van der Waals surface area (Å²) in [5.41, 5.74) is 0. The minimum Gasteiger partial charge on any atom is -0.481 e. The van der Waals surface area contributed by atoms with E-state index in [9.17, 15) is 22.8 Å². The zero-order valence-electron chi connectivity index (χ0n) is 11.0. The summed E-state index contributed by atoms with van der Waals surface area (Å²) in [6, 6.07) is -0.591.